The highest BCUT2D eigenvalue weighted by molar-refractivity contribution is 7.91. The first-order chi connectivity index (χ1) is 8.88. The van der Waals surface area contributed by atoms with Crippen LogP contribution in [0.2, 0.25) is 0 Å². The Hall–Kier alpha value is -1.07. The number of sulfone groups is 1. The Morgan fingerprint density at radius 2 is 1.89 bits per heavy atom. The predicted octanol–water partition coefficient (Wildman–Crippen LogP) is 2.41. The van der Waals surface area contributed by atoms with Gasteiger partial charge < -0.3 is 11.1 Å². The van der Waals surface area contributed by atoms with Crippen molar-refractivity contribution in [1.29, 1.82) is 0 Å². The molecule has 0 aliphatic carbocycles. The molecule has 5 heteroatoms. The highest BCUT2D eigenvalue weighted by Gasteiger charge is 2.24. The Kier molecular flexibility index (Phi) is 5.38. The minimum atomic E-state index is -3.22. The average molecular weight is 284 g/mol. The summed E-state index contributed by atoms with van der Waals surface area (Å²) in [5.74, 6) is 0.103. The lowest BCUT2D eigenvalue weighted by Crippen LogP contribution is -2.36. The van der Waals surface area contributed by atoms with E-state index in [-0.39, 0.29) is 11.3 Å². The molecule has 0 saturated heterocycles. The lowest BCUT2D eigenvalue weighted by molar-refractivity contribution is 0.462. The van der Waals surface area contributed by atoms with Crippen LogP contribution in [0.5, 0.6) is 0 Å². The van der Waals surface area contributed by atoms with Crippen molar-refractivity contribution in [2.75, 3.05) is 17.6 Å². The molecule has 108 valence electrons. The third kappa shape index (κ3) is 3.94. The van der Waals surface area contributed by atoms with E-state index in [1.54, 1.807) is 19.1 Å². The molecule has 0 amide bonds. The Morgan fingerprint density at radius 3 is 2.42 bits per heavy atom. The molecule has 3 N–H and O–H groups in total. The topological polar surface area (TPSA) is 72.2 Å². The van der Waals surface area contributed by atoms with E-state index in [1.807, 2.05) is 12.1 Å². The predicted molar refractivity (Wildman–Crippen MR) is 80.2 cm³/mol. The van der Waals surface area contributed by atoms with Crippen LogP contribution in [-0.2, 0) is 9.84 Å². The maximum atomic E-state index is 12.1. The van der Waals surface area contributed by atoms with E-state index < -0.39 is 9.84 Å². The van der Waals surface area contributed by atoms with Gasteiger partial charge in [0.2, 0.25) is 0 Å². The molecule has 0 spiro atoms. The molecule has 1 unspecified atom stereocenters. The van der Waals surface area contributed by atoms with Crippen LogP contribution in [0.25, 0.3) is 0 Å². The van der Waals surface area contributed by atoms with Crippen molar-refractivity contribution >= 4 is 15.5 Å². The molecule has 0 saturated carbocycles. The van der Waals surface area contributed by atoms with Crippen molar-refractivity contribution in [2.45, 2.75) is 44.0 Å². The molecule has 1 aromatic carbocycles. The number of para-hydroxylation sites is 1. The van der Waals surface area contributed by atoms with Crippen LogP contribution in [0.3, 0.4) is 0 Å². The normalized spacial score (nSPS) is 14.9. The lowest BCUT2D eigenvalue weighted by atomic mass is 9.94. The van der Waals surface area contributed by atoms with Crippen molar-refractivity contribution in [1.82, 2.24) is 0 Å². The molecule has 1 rings (SSSR count). The van der Waals surface area contributed by atoms with E-state index in [9.17, 15) is 8.42 Å². The van der Waals surface area contributed by atoms with Gasteiger partial charge in [-0.3, -0.25) is 0 Å². The standard InChI is InChI=1S/C14H24N2O2S/c1-4-14(3,10-11-15)16-12-8-6-7-9-13(12)19(17,18)5-2/h6-9,16H,4-5,10-11,15H2,1-3H3. The summed E-state index contributed by atoms with van der Waals surface area (Å²) in [7, 11) is -3.22. The van der Waals surface area contributed by atoms with E-state index in [0.29, 0.717) is 17.1 Å². The summed E-state index contributed by atoms with van der Waals surface area (Å²) < 4.78 is 24.2. The van der Waals surface area contributed by atoms with Crippen LogP contribution < -0.4 is 11.1 Å². The molecule has 0 aliphatic heterocycles. The number of nitrogens with two attached hydrogens (primary N) is 1. The van der Waals surface area contributed by atoms with Crippen LogP contribution in [0.15, 0.2) is 29.2 Å². The summed E-state index contributed by atoms with van der Waals surface area (Å²) in [5, 5.41) is 3.36. The van der Waals surface area contributed by atoms with Crippen molar-refractivity contribution in [3.8, 4) is 0 Å². The first-order valence-electron chi connectivity index (χ1n) is 6.68. The number of rotatable bonds is 7. The molecular formula is C14H24N2O2S. The second-order valence-electron chi connectivity index (χ2n) is 4.98. The zero-order chi connectivity index (χ0) is 14.5. The SMILES string of the molecule is CCC(C)(CCN)Nc1ccccc1S(=O)(=O)CC. The van der Waals surface area contributed by atoms with E-state index in [0.717, 1.165) is 12.8 Å². The third-order valence-electron chi connectivity index (χ3n) is 3.52. The maximum absolute atomic E-state index is 12.1. The number of anilines is 1. The largest absolute Gasteiger partial charge is 0.379 e. The highest BCUT2D eigenvalue weighted by atomic mass is 32.2. The van der Waals surface area contributed by atoms with E-state index in [2.05, 4.69) is 19.2 Å². The van der Waals surface area contributed by atoms with Crippen LogP contribution in [0.4, 0.5) is 5.69 Å². The summed E-state index contributed by atoms with van der Waals surface area (Å²) in [6.45, 7) is 6.36. The van der Waals surface area contributed by atoms with Crippen molar-refractivity contribution in [3.05, 3.63) is 24.3 Å². The van der Waals surface area contributed by atoms with Crippen LogP contribution in [0.1, 0.15) is 33.6 Å². The van der Waals surface area contributed by atoms with Gasteiger partial charge in [-0.15, -0.1) is 0 Å². The summed E-state index contributed by atoms with van der Waals surface area (Å²) in [6.07, 6.45) is 1.68. The smallest absolute Gasteiger partial charge is 0.180 e. The van der Waals surface area contributed by atoms with Gasteiger partial charge >= 0.3 is 0 Å². The summed E-state index contributed by atoms with van der Waals surface area (Å²) in [6, 6.07) is 7.06. The van der Waals surface area contributed by atoms with Crippen LogP contribution in [-0.4, -0.2) is 26.3 Å². The van der Waals surface area contributed by atoms with Crippen LogP contribution in [0, 0.1) is 0 Å². The molecule has 1 aromatic rings. The highest BCUT2D eigenvalue weighted by Crippen LogP contribution is 2.27. The van der Waals surface area contributed by atoms with Gasteiger partial charge in [0.15, 0.2) is 9.84 Å². The fourth-order valence-corrected chi connectivity index (χ4v) is 3.02. The Bertz CT molecular complexity index is 514. The van der Waals surface area contributed by atoms with E-state index in [4.69, 9.17) is 5.73 Å². The van der Waals surface area contributed by atoms with Gasteiger partial charge in [-0.1, -0.05) is 26.0 Å². The molecule has 4 nitrogen and oxygen atoms in total. The van der Waals surface area contributed by atoms with Crippen LogP contribution >= 0.6 is 0 Å². The molecule has 1 atom stereocenters. The molecule has 0 radical (unpaired) electrons. The molecule has 0 fully saturated rings. The molecule has 0 aliphatic rings. The maximum Gasteiger partial charge on any atom is 0.180 e. The first-order valence-corrected chi connectivity index (χ1v) is 8.34. The number of benzene rings is 1. The van der Waals surface area contributed by atoms with Gasteiger partial charge in [0.25, 0.3) is 0 Å². The van der Waals surface area contributed by atoms with Gasteiger partial charge in [-0.2, -0.15) is 0 Å². The monoisotopic (exact) mass is 284 g/mol. The van der Waals surface area contributed by atoms with Gasteiger partial charge in [0, 0.05) is 5.54 Å². The molecular weight excluding hydrogens is 260 g/mol. The van der Waals surface area contributed by atoms with Crippen molar-refractivity contribution in [3.63, 3.8) is 0 Å². The minimum Gasteiger partial charge on any atom is -0.379 e. The Labute approximate surface area is 116 Å². The second-order valence-corrected chi connectivity index (χ2v) is 7.22. The fourth-order valence-electron chi connectivity index (χ4n) is 1.97. The molecule has 0 aromatic heterocycles. The first kappa shape index (κ1) is 16.0. The quantitative estimate of drug-likeness (QED) is 0.806. The zero-order valence-electron chi connectivity index (χ0n) is 11.9. The van der Waals surface area contributed by atoms with Gasteiger partial charge in [-0.05, 0) is 38.4 Å². The van der Waals surface area contributed by atoms with E-state index in [1.165, 1.54) is 0 Å². The second kappa shape index (κ2) is 6.39. The zero-order valence-corrected chi connectivity index (χ0v) is 12.8. The van der Waals surface area contributed by atoms with Gasteiger partial charge in [-0.25, -0.2) is 8.42 Å². The molecule has 0 heterocycles. The average Bonchev–Trinajstić information content (AvgIpc) is 2.39. The Balaban J connectivity index is 3.15. The molecule has 0 bridgehead atoms. The lowest BCUT2D eigenvalue weighted by Gasteiger charge is -2.31. The number of nitrogens with one attached hydrogen (secondary N) is 1. The minimum absolute atomic E-state index is 0.103. The number of hydrogen-bond acceptors (Lipinski definition) is 4. The third-order valence-corrected chi connectivity index (χ3v) is 5.30. The van der Waals surface area contributed by atoms with Gasteiger partial charge in [0.1, 0.15) is 0 Å². The Morgan fingerprint density at radius 1 is 1.26 bits per heavy atom. The summed E-state index contributed by atoms with van der Waals surface area (Å²) in [5.41, 5.74) is 6.12. The van der Waals surface area contributed by atoms with Crippen molar-refractivity contribution < 1.29 is 8.42 Å². The summed E-state index contributed by atoms with van der Waals surface area (Å²) in [4.78, 5) is 0.370. The van der Waals surface area contributed by atoms with E-state index >= 15 is 0 Å². The van der Waals surface area contributed by atoms with Crippen molar-refractivity contribution in [2.24, 2.45) is 5.73 Å². The summed E-state index contributed by atoms with van der Waals surface area (Å²) >= 11 is 0. The van der Waals surface area contributed by atoms with Gasteiger partial charge in [0.05, 0.1) is 16.3 Å². The fraction of sp³-hybridized carbons (Fsp3) is 0.571. The molecule has 19 heavy (non-hydrogen) atoms. The number of hydrogen-bond donors (Lipinski definition) is 2.